The Morgan fingerprint density at radius 2 is 1.94 bits per heavy atom. The molecule has 0 spiro atoms. The third-order valence-electron chi connectivity index (χ3n) is 4.20. The van der Waals surface area contributed by atoms with Crippen LogP contribution in [0.3, 0.4) is 0 Å². The van der Waals surface area contributed by atoms with E-state index in [1.807, 2.05) is 22.6 Å². The number of aliphatic carboxylic acids is 1. The molecular formula is C21H18ClIN2O6. The van der Waals surface area contributed by atoms with Crippen LogP contribution >= 0.6 is 34.2 Å². The largest absolute Gasteiger partial charge is 0.490 e. The molecule has 0 bridgehead atoms. The van der Waals surface area contributed by atoms with Crippen LogP contribution in [0, 0.1) is 3.57 Å². The maximum Gasteiger partial charge on any atom is 0.341 e. The van der Waals surface area contributed by atoms with E-state index >= 15 is 0 Å². The van der Waals surface area contributed by atoms with E-state index in [9.17, 15) is 14.4 Å². The smallest absolute Gasteiger partial charge is 0.341 e. The summed E-state index contributed by atoms with van der Waals surface area (Å²) in [4.78, 5) is 37.0. The average Bonchev–Trinajstić information content (AvgIpc) is 2.96. The number of nitrogens with one attached hydrogen (secondary N) is 1. The molecule has 0 radical (unpaired) electrons. The summed E-state index contributed by atoms with van der Waals surface area (Å²) in [5.41, 5.74) is 1.48. The van der Waals surface area contributed by atoms with Crippen LogP contribution in [0.4, 0.5) is 4.79 Å². The quantitative estimate of drug-likeness (QED) is 0.290. The summed E-state index contributed by atoms with van der Waals surface area (Å²) in [7, 11) is 0. The van der Waals surface area contributed by atoms with Gasteiger partial charge in [-0.15, -0.1) is 0 Å². The number of hydrogen-bond acceptors (Lipinski definition) is 5. The van der Waals surface area contributed by atoms with Crippen molar-refractivity contribution < 1.29 is 29.0 Å². The summed E-state index contributed by atoms with van der Waals surface area (Å²) in [6, 6.07) is 9.68. The molecule has 1 fully saturated rings. The fraction of sp³-hybridized carbons (Fsp3) is 0.190. The Kier molecular flexibility index (Phi) is 7.39. The maximum atomic E-state index is 12.8. The van der Waals surface area contributed by atoms with Crippen LogP contribution in [0.2, 0.25) is 5.02 Å². The molecule has 0 saturated carbocycles. The van der Waals surface area contributed by atoms with E-state index in [1.54, 1.807) is 43.3 Å². The number of rotatable bonds is 8. The number of carboxylic acid groups (broad SMARTS) is 1. The Morgan fingerprint density at radius 3 is 2.58 bits per heavy atom. The van der Waals surface area contributed by atoms with Gasteiger partial charge in [0.25, 0.3) is 5.91 Å². The average molecular weight is 557 g/mol. The van der Waals surface area contributed by atoms with Crippen molar-refractivity contribution in [3.8, 4) is 11.5 Å². The predicted molar refractivity (Wildman–Crippen MR) is 122 cm³/mol. The standard InChI is InChI=1S/C21H18ClIN2O6/c1-2-30-17-9-13(7-15(23)19(17)31-11-18(26)27)8-16-20(28)25(21(29)24-16)10-12-3-5-14(22)6-4-12/h3-9H,2,10-11H2,1H3,(H,24,29)(H,26,27)/b16-8-. The van der Waals surface area contributed by atoms with Crippen molar-refractivity contribution in [2.75, 3.05) is 13.2 Å². The van der Waals surface area contributed by atoms with Gasteiger partial charge in [0, 0.05) is 5.02 Å². The van der Waals surface area contributed by atoms with Crippen LogP contribution in [0.25, 0.3) is 6.08 Å². The number of halogens is 2. The summed E-state index contributed by atoms with van der Waals surface area (Å²) in [6.07, 6.45) is 1.54. The minimum Gasteiger partial charge on any atom is -0.490 e. The van der Waals surface area contributed by atoms with Gasteiger partial charge in [0.2, 0.25) is 0 Å². The highest BCUT2D eigenvalue weighted by atomic mass is 127. The molecule has 0 aromatic heterocycles. The highest BCUT2D eigenvalue weighted by Crippen LogP contribution is 2.35. The van der Waals surface area contributed by atoms with Crippen molar-refractivity contribution in [1.82, 2.24) is 10.2 Å². The number of ether oxygens (including phenoxy) is 2. The number of amides is 3. The molecule has 0 aliphatic carbocycles. The number of urea groups is 1. The minimum atomic E-state index is -1.11. The Hall–Kier alpha value is -2.79. The lowest BCUT2D eigenvalue weighted by Crippen LogP contribution is -2.30. The molecule has 0 atom stereocenters. The number of nitrogens with zero attached hydrogens (tertiary/aromatic N) is 1. The molecule has 2 aromatic rings. The molecular weight excluding hydrogens is 539 g/mol. The Labute approximate surface area is 196 Å². The number of carboxylic acids is 1. The molecule has 1 aliphatic heterocycles. The summed E-state index contributed by atoms with van der Waals surface area (Å²) in [5, 5.41) is 12.0. The van der Waals surface area contributed by atoms with Crippen LogP contribution in [-0.4, -0.2) is 41.1 Å². The molecule has 3 amide bonds. The van der Waals surface area contributed by atoms with E-state index in [-0.39, 0.29) is 12.2 Å². The molecule has 1 aliphatic rings. The zero-order valence-corrected chi connectivity index (χ0v) is 19.3. The fourth-order valence-electron chi connectivity index (χ4n) is 2.86. The van der Waals surface area contributed by atoms with Gasteiger partial charge in [-0.2, -0.15) is 0 Å². The zero-order valence-electron chi connectivity index (χ0n) is 16.4. The molecule has 162 valence electrons. The summed E-state index contributed by atoms with van der Waals surface area (Å²) >= 11 is 7.87. The van der Waals surface area contributed by atoms with Crippen molar-refractivity contribution in [3.05, 3.63) is 61.8 Å². The fourth-order valence-corrected chi connectivity index (χ4v) is 3.77. The molecule has 10 heteroatoms. The van der Waals surface area contributed by atoms with Gasteiger partial charge in [0.15, 0.2) is 18.1 Å². The summed E-state index contributed by atoms with van der Waals surface area (Å²) in [5.74, 6) is -0.918. The number of benzene rings is 2. The van der Waals surface area contributed by atoms with Crippen LogP contribution in [0.15, 0.2) is 42.1 Å². The molecule has 2 N–H and O–H groups in total. The van der Waals surface area contributed by atoms with Gasteiger partial charge in [-0.1, -0.05) is 23.7 Å². The molecule has 1 heterocycles. The van der Waals surface area contributed by atoms with E-state index in [4.69, 9.17) is 26.2 Å². The number of carbonyl (C=O) groups excluding carboxylic acids is 2. The highest BCUT2D eigenvalue weighted by Gasteiger charge is 2.33. The van der Waals surface area contributed by atoms with Crippen molar-refractivity contribution in [3.63, 3.8) is 0 Å². The van der Waals surface area contributed by atoms with Gasteiger partial charge in [0.1, 0.15) is 5.70 Å². The van der Waals surface area contributed by atoms with Gasteiger partial charge in [-0.3, -0.25) is 9.69 Å². The van der Waals surface area contributed by atoms with E-state index < -0.39 is 24.5 Å². The summed E-state index contributed by atoms with van der Waals surface area (Å²) < 4.78 is 11.5. The lowest BCUT2D eigenvalue weighted by molar-refractivity contribution is -0.139. The second-order valence-electron chi connectivity index (χ2n) is 6.45. The minimum absolute atomic E-state index is 0.114. The van der Waals surface area contributed by atoms with Crippen LogP contribution in [0.5, 0.6) is 11.5 Å². The number of carbonyl (C=O) groups is 3. The summed E-state index contributed by atoms with van der Waals surface area (Å²) in [6.45, 7) is 1.73. The molecule has 0 unspecified atom stereocenters. The third kappa shape index (κ3) is 5.67. The zero-order chi connectivity index (χ0) is 22.5. The monoisotopic (exact) mass is 556 g/mol. The van der Waals surface area contributed by atoms with Gasteiger partial charge >= 0.3 is 12.0 Å². The van der Waals surface area contributed by atoms with Crippen molar-refractivity contribution in [2.24, 2.45) is 0 Å². The van der Waals surface area contributed by atoms with Crippen LogP contribution in [-0.2, 0) is 16.1 Å². The van der Waals surface area contributed by atoms with E-state index in [2.05, 4.69) is 5.32 Å². The van der Waals surface area contributed by atoms with Gasteiger partial charge in [0.05, 0.1) is 16.7 Å². The topological polar surface area (TPSA) is 105 Å². The SMILES string of the molecule is CCOc1cc(/C=C2\NC(=O)N(Cc3ccc(Cl)cc3)C2=O)cc(I)c1OCC(=O)O. The molecule has 3 rings (SSSR count). The second kappa shape index (κ2) is 10.0. The lowest BCUT2D eigenvalue weighted by Gasteiger charge is -2.14. The Bertz CT molecular complexity index is 1050. The van der Waals surface area contributed by atoms with Crippen LogP contribution in [0.1, 0.15) is 18.1 Å². The first-order valence-electron chi connectivity index (χ1n) is 9.18. The van der Waals surface area contributed by atoms with Crippen LogP contribution < -0.4 is 14.8 Å². The highest BCUT2D eigenvalue weighted by molar-refractivity contribution is 14.1. The van der Waals surface area contributed by atoms with E-state index in [1.165, 1.54) is 6.08 Å². The lowest BCUT2D eigenvalue weighted by atomic mass is 10.1. The normalized spacial score (nSPS) is 14.7. The predicted octanol–water partition coefficient (Wildman–Crippen LogP) is 3.90. The van der Waals surface area contributed by atoms with Gasteiger partial charge in [-0.05, 0) is 71.0 Å². The number of hydrogen-bond donors (Lipinski definition) is 2. The Morgan fingerprint density at radius 1 is 1.23 bits per heavy atom. The first-order valence-corrected chi connectivity index (χ1v) is 10.6. The van der Waals surface area contributed by atoms with Crippen molar-refractivity contribution >= 4 is 58.2 Å². The van der Waals surface area contributed by atoms with Crippen molar-refractivity contribution in [1.29, 1.82) is 0 Å². The third-order valence-corrected chi connectivity index (χ3v) is 5.25. The first kappa shape index (κ1) is 22.9. The molecule has 8 nitrogen and oxygen atoms in total. The van der Waals surface area contributed by atoms with Gasteiger partial charge < -0.3 is 19.9 Å². The van der Waals surface area contributed by atoms with Crippen molar-refractivity contribution in [2.45, 2.75) is 13.5 Å². The first-order chi connectivity index (χ1) is 14.8. The molecule has 2 aromatic carbocycles. The van der Waals surface area contributed by atoms with Gasteiger partial charge in [-0.25, -0.2) is 9.59 Å². The van der Waals surface area contributed by atoms with E-state index in [0.717, 1.165) is 10.5 Å². The Balaban J connectivity index is 1.85. The molecule has 1 saturated heterocycles. The maximum absolute atomic E-state index is 12.8. The second-order valence-corrected chi connectivity index (χ2v) is 8.05. The molecule has 31 heavy (non-hydrogen) atoms. The number of imide groups is 1. The van der Waals surface area contributed by atoms with E-state index in [0.29, 0.717) is 32.3 Å².